The van der Waals surface area contributed by atoms with Crippen molar-refractivity contribution in [2.45, 2.75) is 77.2 Å². The first kappa shape index (κ1) is 30.3. The van der Waals surface area contributed by atoms with Gasteiger partial charge < -0.3 is 20.4 Å². The van der Waals surface area contributed by atoms with Crippen LogP contribution in [0.5, 0.6) is 0 Å². The molecule has 2 aromatic rings. The lowest BCUT2D eigenvalue weighted by molar-refractivity contribution is 0.00713. The third-order valence-corrected chi connectivity index (χ3v) is 5.08. The summed E-state index contributed by atoms with van der Waals surface area (Å²) in [5, 5.41) is 35.9. The quantitative estimate of drug-likeness (QED) is 0.287. The van der Waals surface area contributed by atoms with Gasteiger partial charge in [0.2, 0.25) is 0 Å². The Labute approximate surface area is 197 Å². The Kier molecular flexibility index (Phi) is 17.3. The molecule has 0 unspecified atom stereocenters. The molecule has 6 nitrogen and oxygen atoms in total. The number of benzene rings is 2. The Morgan fingerprint density at radius 2 is 1.03 bits per heavy atom. The summed E-state index contributed by atoms with van der Waals surface area (Å²) in [5.41, 5.74) is 0.205. The van der Waals surface area contributed by atoms with Crippen LogP contribution in [0, 0.1) is 0 Å². The molecule has 0 spiro atoms. The minimum Gasteiger partial charge on any atom is -0.478 e. The van der Waals surface area contributed by atoms with E-state index in [1.54, 1.807) is 60.7 Å². The molecular weight excluding hydrogens is 420 g/mol. The van der Waals surface area contributed by atoms with Crippen molar-refractivity contribution in [3.05, 3.63) is 71.8 Å². The second-order valence-corrected chi connectivity index (χ2v) is 7.95. The van der Waals surface area contributed by atoms with Gasteiger partial charge in [-0.05, 0) is 56.4 Å². The summed E-state index contributed by atoms with van der Waals surface area (Å²) in [6, 6.07) is 16.6. The second-order valence-electron chi connectivity index (χ2n) is 7.95. The number of aromatic carboxylic acids is 2. The SMILES string of the molecule is CCCCC(O)(CCCC)CCCCO.O=C(O)c1ccccc1.O=C(O)c1ccccc1. The zero-order valence-corrected chi connectivity index (χ0v) is 19.9. The molecule has 2 aromatic carbocycles. The Morgan fingerprint density at radius 1 is 0.667 bits per heavy atom. The number of rotatable bonds is 12. The molecular formula is C27H40O6. The number of hydrogen-bond donors (Lipinski definition) is 4. The molecule has 0 heterocycles. The van der Waals surface area contributed by atoms with Crippen molar-refractivity contribution in [2.75, 3.05) is 6.61 Å². The first-order valence-corrected chi connectivity index (χ1v) is 11.7. The summed E-state index contributed by atoms with van der Waals surface area (Å²) in [4.78, 5) is 20.4. The van der Waals surface area contributed by atoms with Crippen molar-refractivity contribution in [1.82, 2.24) is 0 Å². The number of carbonyl (C=O) groups is 2. The number of hydrogen-bond acceptors (Lipinski definition) is 4. The lowest BCUT2D eigenvalue weighted by Gasteiger charge is -2.28. The topological polar surface area (TPSA) is 115 Å². The van der Waals surface area contributed by atoms with Gasteiger partial charge in [-0.15, -0.1) is 0 Å². The molecule has 0 fully saturated rings. The largest absolute Gasteiger partial charge is 0.478 e. The average molecular weight is 461 g/mol. The van der Waals surface area contributed by atoms with Crippen LogP contribution in [0.25, 0.3) is 0 Å². The number of carboxylic acid groups (broad SMARTS) is 2. The maximum atomic E-state index is 10.4. The van der Waals surface area contributed by atoms with E-state index in [9.17, 15) is 14.7 Å². The van der Waals surface area contributed by atoms with Crippen molar-refractivity contribution in [3.8, 4) is 0 Å². The van der Waals surface area contributed by atoms with E-state index in [-0.39, 0.29) is 6.61 Å². The van der Waals surface area contributed by atoms with Crippen molar-refractivity contribution in [3.63, 3.8) is 0 Å². The minimum atomic E-state index is -0.879. The Morgan fingerprint density at radius 3 is 1.30 bits per heavy atom. The molecule has 33 heavy (non-hydrogen) atoms. The van der Waals surface area contributed by atoms with Crippen molar-refractivity contribution < 1.29 is 30.0 Å². The molecule has 2 rings (SSSR count). The first-order valence-electron chi connectivity index (χ1n) is 11.7. The molecule has 0 radical (unpaired) electrons. The van der Waals surface area contributed by atoms with Crippen LogP contribution in [0.4, 0.5) is 0 Å². The van der Waals surface area contributed by atoms with Gasteiger partial charge in [-0.2, -0.15) is 0 Å². The van der Waals surface area contributed by atoms with Crippen LogP contribution < -0.4 is 0 Å². The van der Waals surface area contributed by atoms with Gasteiger partial charge in [0.15, 0.2) is 0 Å². The summed E-state index contributed by atoms with van der Waals surface area (Å²) < 4.78 is 0. The van der Waals surface area contributed by atoms with Crippen LogP contribution in [0.1, 0.15) is 92.4 Å². The number of aliphatic hydroxyl groups is 2. The molecule has 4 N–H and O–H groups in total. The molecule has 0 bridgehead atoms. The Bertz CT molecular complexity index is 688. The molecule has 0 saturated carbocycles. The molecule has 0 aromatic heterocycles. The molecule has 0 saturated heterocycles. The molecule has 0 atom stereocenters. The predicted octanol–water partition coefficient (Wildman–Crippen LogP) is 6.03. The fraction of sp³-hybridized carbons (Fsp3) is 0.481. The number of carboxylic acids is 2. The van der Waals surface area contributed by atoms with Gasteiger partial charge in [0.25, 0.3) is 0 Å². The predicted molar refractivity (Wildman–Crippen MR) is 132 cm³/mol. The van der Waals surface area contributed by atoms with Crippen LogP contribution in [-0.4, -0.2) is 44.6 Å². The van der Waals surface area contributed by atoms with Crippen LogP contribution in [0.15, 0.2) is 60.7 Å². The van der Waals surface area contributed by atoms with E-state index in [0.717, 1.165) is 57.8 Å². The molecule has 0 aliphatic rings. The highest BCUT2D eigenvalue weighted by atomic mass is 16.4. The number of unbranched alkanes of at least 4 members (excludes halogenated alkanes) is 3. The van der Waals surface area contributed by atoms with Gasteiger partial charge in [-0.3, -0.25) is 0 Å². The fourth-order valence-electron chi connectivity index (χ4n) is 3.11. The fourth-order valence-corrected chi connectivity index (χ4v) is 3.11. The van der Waals surface area contributed by atoms with Gasteiger partial charge in [-0.1, -0.05) is 75.9 Å². The summed E-state index contributed by atoms with van der Waals surface area (Å²) in [5.74, 6) is -1.76. The summed E-state index contributed by atoms with van der Waals surface area (Å²) in [6.07, 6.45) is 8.99. The Balaban J connectivity index is 0.000000489. The zero-order chi connectivity index (χ0) is 25.0. The van der Waals surface area contributed by atoms with Gasteiger partial charge in [0, 0.05) is 6.61 Å². The molecule has 184 valence electrons. The van der Waals surface area contributed by atoms with Gasteiger partial charge in [0.05, 0.1) is 16.7 Å². The minimum absolute atomic E-state index is 0.248. The van der Waals surface area contributed by atoms with Gasteiger partial charge >= 0.3 is 11.9 Å². The average Bonchev–Trinajstić information content (AvgIpc) is 2.84. The monoisotopic (exact) mass is 460 g/mol. The highest BCUT2D eigenvalue weighted by Gasteiger charge is 2.24. The molecule has 6 heteroatoms. The molecule has 0 amide bonds. The zero-order valence-electron chi connectivity index (χ0n) is 19.9. The van der Waals surface area contributed by atoms with Crippen molar-refractivity contribution >= 4 is 11.9 Å². The third kappa shape index (κ3) is 15.7. The van der Waals surface area contributed by atoms with E-state index >= 15 is 0 Å². The van der Waals surface area contributed by atoms with Gasteiger partial charge in [0.1, 0.15) is 0 Å². The second kappa shape index (κ2) is 18.8. The standard InChI is InChI=1S/C13H28O2.2C7H6O2/c1-3-5-9-13(15,10-6-4-2)11-7-8-12-14;2*8-7(9)6-4-2-1-3-5-6/h14-15H,3-12H2,1-2H3;2*1-5H,(H,8,9). The summed E-state index contributed by atoms with van der Waals surface area (Å²) in [7, 11) is 0. The first-order chi connectivity index (χ1) is 15.8. The molecule has 0 aliphatic heterocycles. The van der Waals surface area contributed by atoms with E-state index in [1.807, 2.05) is 0 Å². The molecule has 0 aliphatic carbocycles. The smallest absolute Gasteiger partial charge is 0.335 e. The van der Waals surface area contributed by atoms with Crippen molar-refractivity contribution in [1.29, 1.82) is 0 Å². The summed E-state index contributed by atoms with van der Waals surface area (Å²) >= 11 is 0. The Hall–Kier alpha value is -2.70. The van der Waals surface area contributed by atoms with Crippen LogP contribution in [0.3, 0.4) is 0 Å². The van der Waals surface area contributed by atoms with Crippen molar-refractivity contribution in [2.24, 2.45) is 0 Å². The van der Waals surface area contributed by atoms with Crippen LogP contribution >= 0.6 is 0 Å². The lowest BCUT2D eigenvalue weighted by atomic mass is 9.86. The normalized spacial score (nSPS) is 10.3. The lowest BCUT2D eigenvalue weighted by Crippen LogP contribution is -2.28. The third-order valence-electron chi connectivity index (χ3n) is 5.08. The maximum Gasteiger partial charge on any atom is 0.335 e. The summed E-state index contributed by atoms with van der Waals surface area (Å²) in [6.45, 7) is 4.57. The maximum absolute atomic E-state index is 10.4. The highest BCUT2D eigenvalue weighted by Crippen LogP contribution is 2.27. The number of aliphatic hydroxyl groups excluding tert-OH is 1. The van der Waals surface area contributed by atoms with E-state index in [1.165, 1.54) is 0 Å². The van der Waals surface area contributed by atoms with Crippen LogP contribution in [0.2, 0.25) is 0 Å². The van der Waals surface area contributed by atoms with Gasteiger partial charge in [-0.25, -0.2) is 9.59 Å². The van der Waals surface area contributed by atoms with E-state index in [4.69, 9.17) is 15.3 Å². The van der Waals surface area contributed by atoms with E-state index in [0.29, 0.717) is 11.1 Å². The highest BCUT2D eigenvalue weighted by molar-refractivity contribution is 5.87. The van der Waals surface area contributed by atoms with Crippen LogP contribution in [-0.2, 0) is 0 Å². The van der Waals surface area contributed by atoms with E-state index < -0.39 is 17.5 Å². The van der Waals surface area contributed by atoms with E-state index in [2.05, 4.69) is 13.8 Å².